The molecule has 0 aliphatic carbocycles. The highest BCUT2D eigenvalue weighted by molar-refractivity contribution is 5.13. The van der Waals surface area contributed by atoms with Crippen molar-refractivity contribution < 1.29 is 4.74 Å². The monoisotopic (exact) mass is 152 g/mol. The molecule has 0 saturated carbocycles. The van der Waals surface area contributed by atoms with Gasteiger partial charge in [-0.2, -0.15) is 0 Å². The molecular weight excluding hydrogens is 140 g/mol. The molecule has 1 saturated heterocycles. The van der Waals surface area contributed by atoms with Crippen LogP contribution in [0.15, 0.2) is 18.5 Å². The molecule has 2 atom stereocenters. The Balaban J connectivity index is 2.08. The first-order valence-electron chi connectivity index (χ1n) is 3.88. The summed E-state index contributed by atoms with van der Waals surface area (Å²) in [5.41, 5.74) is 1.22. The zero-order valence-corrected chi connectivity index (χ0v) is 6.50. The molecule has 0 bridgehead atoms. The fourth-order valence-corrected chi connectivity index (χ4v) is 1.35. The van der Waals surface area contributed by atoms with Gasteiger partial charge in [-0.3, -0.25) is 5.32 Å². The van der Waals surface area contributed by atoms with Crippen molar-refractivity contribution in [2.45, 2.75) is 19.3 Å². The third kappa shape index (κ3) is 1.29. The van der Waals surface area contributed by atoms with Gasteiger partial charge in [0.25, 0.3) is 0 Å². The molecule has 60 valence electrons. The number of hydrogen-bond donors (Lipinski definition) is 2. The van der Waals surface area contributed by atoms with Crippen LogP contribution in [0.5, 0.6) is 0 Å². The van der Waals surface area contributed by atoms with E-state index in [4.69, 9.17) is 4.74 Å². The third-order valence-corrected chi connectivity index (χ3v) is 1.95. The van der Waals surface area contributed by atoms with Crippen LogP contribution in [0.3, 0.4) is 0 Å². The molecule has 0 aromatic carbocycles. The Hall–Kier alpha value is -0.800. The van der Waals surface area contributed by atoms with Crippen LogP contribution in [0.4, 0.5) is 0 Å². The Morgan fingerprint density at radius 1 is 1.64 bits per heavy atom. The molecule has 0 amide bonds. The standard InChI is InChI=1S/C8H12N2O/c1-6-10-5-8(11-6)7-2-3-9-4-7/h2-4,6,8-10H,5H2,1H3. The van der Waals surface area contributed by atoms with Crippen LogP contribution >= 0.6 is 0 Å². The number of ether oxygens (including phenoxy) is 1. The Labute approximate surface area is 65.8 Å². The second-order valence-electron chi connectivity index (χ2n) is 2.82. The molecule has 2 heterocycles. The van der Waals surface area contributed by atoms with E-state index >= 15 is 0 Å². The summed E-state index contributed by atoms with van der Waals surface area (Å²) in [6, 6.07) is 2.05. The van der Waals surface area contributed by atoms with Crippen LogP contribution < -0.4 is 5.32 Å². The van der Waals surface area contributed by atoms with Crippen LogP contribution in [-0.2, 0) is 4.74 Å². The summed E-state index contributed by atoms with van der Waals surface area (Å²) in [7, 11) is 0. The Kier molecular flexibility index (Phi) is 1.68. The van der Waals surface area contributed by atoms with E-state index in [-0.39, 0.29) is 12.3 Å². The summed E-state index contributed by atoms with van der Waals surface area (Å²) in [5, 5.41) is 3.22. The lowest BCUT2D eigenvalue weighted by Crippen LogP contribution is -2.17. The number of rotatable bonds is 1. The molecule has 1 aromatic heterocycles. The van der Waals surface area contributed by atoms with E-state index in [1.807, 2.05) is 25.4 Å². The minimum atomic E-state index is 0.190. The molecule has 0 spiro atoms. The van der Waals surface area contributed by atoms with Crippen molar-refractivity contribution >= 4 is 0 Å². The summed E-state index contributed by atoms with van der Waals surface area (Å²) < 4.78 is 5.57. The van der Waals surface area contributed by atoms with Crippen LogP contribution in [-0.4, -0.2) is 17.8 Å². The van der Waals surface area contributed by atoms with Crippen molar-refractivity contribution in [3.63, 3.8) is 0 Å². The minimum Gasteiger partial charge on any atom is -0.367 e. The second-order valence-corrected chi connectivity index (χ2v) is 2.82. The van der Waals surface area contributed by atoms with Gasteiger partial charge in [0.15, 0.2) is 0 Å². The molecule has 3 nitrogen and oxygen atoms in total. The van der Waals surface area contributed by atoms with Crippen LogP contribution in [0.25, 0.3) is 0 Å². The third-order valence-electron chi connectivity index (χ3n) is 1.95. The van der Waals surface area contributed by atoms with Crippen molar-refractivity contribution in [3.05, 3.63) is 24.0 Å². The number of aromatic amines is 1. The molecule has 2 rings (SSSR count). The van der Waals surface area contributed by atoms with Gasteiger partial charge >= 0.3 is 0 Å². The zero-order valence-electron chi connectivity index (χ0n) is 6.50. The summed E-state index contributed by atoms with van der Waals surface area (Å²) in [6.07, 6.45) is 4.32. The van der Waals surface area contributed by atoms with E-state index in [0.717, 1.165) is 6.54 Å². The molecule has 2 N–H and O–H groups in total. The molecule has 0 radical (unpaired) electrons. The molecular formula is C8H12N2O. The lowest BCUT2D eigenvalue weighted by molar-refractivity contribution is 0.0530. The zero-order chi connectivity index (χ0) is 7.68. The molecule has 11 heavy (non-hydrogen) atoms. The summed E-state index contributed by atoms with van der Waals surface area (Å²) in [5.74, 6) is 0. The van der Waals surface area contributed by atoms with Crippen molar-refractivity contribution in [1.29, 1.82) is 0 Å². The quantitative estimate of drug-likeness (QED) is 0.630. The second kappa shape index (κ2) is 2.68. The van der Waals surface area contributed by atoms with Crippen molar-refractivity contribution in [2.75, 3.05) is 6.54 Å². The average Bonchev–Trinajstić information content (AvgIpc) is 2.55. The van der Waals surface area contributed by atoms with Crippen LogP contribution in [0.1, 0.15) is 18.6 Å². The molecule has 1 fully saturated rings. The van der Waals surface area contributed by atoms with Gasteiger partial charge in [-0.25, -0.2) is 0 Å². The molecule has 1 aliphatic heterocycles. The number of H-pyrrole nitrogens is 1. The maximum atomic E-state index is 5.57. The SMILES string of the molecule is CC1NCC(c2cc[nH]c2)O1. The topological polar surface area (TPSA) is 37.0 Å². The number of aromatic nitrogens is 1. The van der Waals surface area contributed by atoms with Crippen molar-refractivity contribution in [3.8, 4) is 0 Å². The number of hydrogen-bond acceptors (Lipinski definition) is 2. The van der Waals surface area contributed by atoms with Gasteiger partial charge in [0, 0.05) is 18.9 Å². The molecule has 2 unspecified atom stereocenters. The van der Waals surface area contributed by atoms with E-state index in [2.05, 4.69) is 10.3 Å². The first kappa shape index (κ1) is 6.88. The maximum Gasteiger partial charge on any atom is 0.106 e. The molecule has 1 aliphatic rings. The van der Waals surface area contributed by atoms with E-state index in [0.29, 0.717) is 0 Å². The smallest absolute Gasteiger partial charge is 0.106 e. The largest absolute Gasteiger partial charge is 0.367 e. The van der Waals surface area contributed by atoms with Gasteiger partial charge in [0.2, 0.25) is 0 Å². The maximum absolute atomic E-state index is 5.57. The molecule has 1 aromatic rings. The minimum absolute atomic E-state index is 0.190. The Morgan fingerprint density at radius 3 is 3.09 bits per heavy atom. The van der Waals surface area contributed by atoms with Crippen molar-refractivity contribution in [1.82, 2.24) is 10.3 Å². The molecule has 3 heteroatoms. The van der Waals surface area contributed by atoms with Gasteiger partial charge in [-0.1, -0.05) is 0 Å². The summed E-state index contributed by atoms with van der Waals surface area (Å²) in [4.78, 5) is 3.01. The highest BCUT2D eigenvalue weighted by atomic mass is 16.5. The average molecular weight is 152 g/mol. The fourth-order valence-electron chi connectivity index (χ4n) is 1.35. The lowest BCUT2D eigenvalue weighted by atomic mass is 10.2. The highest BCUT2D eigenvalue weighted by Gasteiger charge is 2.22. The predicted molar refractivity (Wildman–Crippen MR) is 42.1 cm³/mol. The van der Waals surface area contributed by atoms with Gasteiger partial charge in [0.05, 0.1) is 6.10 Å². The van der Waals surface area contributed by atoms with E-state index < -0.39 is 0 Å². The normalized spacial score (nSPS) is 31.0. The van der Waals surface area contributed by atoms with Gasteiger partial charge in [-0.15, -0.1) is 0 Å². The fraction of sp³-hybridized carbons (Fsp3) is 0.500. The van der Waals surface area contributed by atoms with Crippen LogP contribution in [0, 0.1) is 0 Å². The van der Waals surface area contributed by atoms with Crippen LogP contribution in [0.2, 0.25) is 0 Å². The van der Waals surface area contributed by atoms with Gasteiger partial charge in [-0.05, 0) is 18.6 Å². The van der Waals surface area contributed by atoms with Gasteiger partial charge < -0.3 is 9.72 Å². The van der Waals surface area contributed by atoms with E-state index in [1.165, 1.54) is 5.56 Å². The Bertz CT molecular complexity index is 220. The lowest BCUT2D eigenvalue weighted by Gasteiger charge is -2.06. The Morgan fingerprint density at radius 2 is 2.55 bits per heavy atom. The number of nitrogens with one attached hydrogen (secondary N) is 2. The van der Waals surface area contributed by atoms with Crippen molar-refractivity contribution in [2.24, 2.45) is 0 Å². The van der Waals surface area contributed by atoms with E-state index in [1.54, 1.807) is 0 Å². The summed E-state index contributed by atoms with van der Waals surface area (Å²) in [6.45, 7) is 2.94. The summed E-state index contributed by atoms with van der Waals surface area (Å²) >= 11 is 0. The highest BCUT2D eigenvalue weighted by Crippen LogP contribution is 2.21. The van der Waals surface area contributed by atoms with Gasteiger partial charge in [0.1, 0.15) is 6.23 Å². The first-order valence-corrected chi connectivity index (χ1v) is 3.88. The first-order chi connectivity index (χ1) is 5.36. The predicted octanol–water partition coefficient (Wildman–Crippen LogP) is 1.02. The van der Waals surface area contributed by atoms with E-state index in [9.17, 15) is 0 Å².